The fourth-order valence-electron chi connectivity index (χ4n) is 5.33. The van der Waals surface area contributed by atoms with Crippen molar-refractivity contribution in [1.82, 2.24) is 25.0 Å². The fraction of sp³-hybridized carbons (Fsp3) is 0.440. The highest BCUT2D eigenvalue weighted by atomic mass is 35.5. The first-order chi connectivity index (χ1) is 18.4. The normalized spacial score (nSPS) is 18.0. The van der Waals surface area contributed by atoms with E-state index in [4.69, 9.17) is 16.3 Å². The molecule has 0 aliphatic heterocycles. The number of nitrogens with zero attached hydrogens (tertiary/aromatic N) is 5. The highest BCUT2D eigenvalue weighted by Crippen LogP contribution is 2.69. The number of hydrogen-bond donors (Lipinski definition) is 2. The molecule has 3 heterocycles. The summed E-state index contributed by atoms with van der Waals surface area (Å²) in [6.45, 7) is 1.64. The SMILES string of the molecule is C[C@@H](OC(=O)Nc1c(-c2ccc(NC(=O)C3(C(F)(F)F)CC4(CCC4)C3)cn2)nnn1C)c1cccnc1Cl. The van der Waals surface area contributed by atoms with Gasteiger partial charge in [0.25, 0.3) is 0 Å². The number of aromatic nitrogens is 5. The number of pyridine rings is 2. The molecule has 0 bridgehead atoms. The number of alkyl halides is 3. The van der Waals surface area contributed by atoms with Gasteiger partial charge in [-0.15, -0.1) is 5.10 Å². The van der Waals surface area contributed by atoms with Crippen molar-refractivity contribution in [3.05, 3.63) is 47.4 Å². The molecular formula is C25H25ClF3N7O3. The highest BCUT2D eigenvalue weighted by molar-refractivity contribution is 6.30. The minimum atomic E-state index is -4.64. The van der Waals surface area contributed by atoms with Gasteiger partial charge in [0.2, 0.25) is 5.91 Å². The number of nitrogens with one attached hydrogen (secondary N) is 2. The number of ether oxygens (including phenoxy) is 1. The molecule has 0 radical (unpaired) electrons. The molecule has 14 heteroatoms. The summed E-state index contributed by atoms with van der Waals surface area (Å²) >= 11 is 6.06. The van der Waals surface area contributed by atoms with Gasteiger partial charge in [0.05, 0.1) is 17.6 Å². The van der Waals surface area contributed by atoms with E-state index in [9.17, 15) is 22.8 Å². The number of rotatable bonds is 6. The van der Waals surface area contributed by atoms with E-state index in [1.54, 1.807) is 26.1 Å². The zero-order valence-electron chi connectivity index (χ0n) is 21.0. The highest BCUT2D eigenvalue weighted by Gasteiger charge is 2.72. The van der Waals surface area contributed by atoms with Crippen LogP contribution >= 0.6 is 11.6 Å². The van der Waals surface area contributed by atoms with E-state index in [1.165, 1.54) is 29.2 Å². The molecule has 1 atom stereocenters. The molecular weight excluding hydrogens is 539 g/mol. The molecule has 39 heavy (non-hydrogen) atoms. The minimum absolute atomic E-state index is 0.113. The lowest BCUT2D eigenvalue weighted by Gasteiger charge is -2.60. The van der Waals surface area contributed by atoms with Crippen molar-refractivity contribution in [2.75, 3.05) is 10.6 Å². The zero-order chi connectivity index (χ0) is 28.0. The van der Waals surface area contributed by atoms with E-state index in [1.807, 2.05) is 0 Å². The average molecular weight is 564 g/mol. The molecule has 2 aliphatic rings. The second kappa shape index (κ2) is 9.78. The number of anilines is 2. The van der Waals surface area contributed by atoms with Crippen molar-refractivity contribution in [3.8, 4) is 11.4 Å². The Kier molecular flexibility index (Phi) is 6.73. The van der Waals surface area contributed by atoms with Crippen LogP contribution in [0.4, 0.5) is 29.5 Å². The maximum absolute atomic E-state index is 13.9. The molecule has 2 fully saturated rings. The van der Waals surface area contributed by atoms with E-state index in [2.05, 4.69) is 30.9 Å². The van der Waals surface area contributed by atoms with Crippen molar-refractivity contribution in [2.24, 2.45) is 17.9 Å². The first-order valence-corrected chi connectivity index (χ1v) is 12.6. The Balaban J connectivity index is 1.27. The van der Waals surface area contributed by atoms with Gasteiger partial charge >= 0.3 is 12.3 Å². The van der Waals surface area contributed by atoms with Crippen LogP contribution in [0, 0.1) is 10.8 Å². The van der Waals surface area contributed by atoms with Gasteiger partial charge < -0.3 is 10.1 Å². The second-order valence-electron chi connectivity index (χ2n) is 10.1. The largest absolute Gasteiger partial charge is 0.441 e. The molecule has 2 N–H and O–H groups in total. The van der Waals surface area contributed by atoms with Gasteiger partial charge in [-0.05, 0) is 56.2 Å². The van der Waals surface area contributed by atoms with Crippen LogP contribution in [0.15, 0.2) is 36.7 Å². The van der Waals surface area contributed by atoms with Crippen LogP contribution in [0.2, 0.25) is 5.15 Å². The van der Waals surface area contributed by atoms with Crippen LogP contribution in [-0.2, 0) is 16.6 Å². The number of carbonyl (C=O) groups excluding carboxylic acids is 2. The number of carbonyl (C=O) groups is 2. The van der Waals surface area contributed by atoms with Gasteiger partial charge in [-0.1, -0.05) is 29.3 Å². The third-order valence-electron chi connectivity index (χ3n) is 7.57. The topological polar surface area (TPSA) is 124 Å². The standard InChI is InChI=1S/C25H25ClF3N7O3/c1-14(16-5-3-10-30-19(16)26)39-22(38)33-20-18(34-35-36(20)2)17-7-6-15(11-31-17)32-21(37)24(25(27,28)29)12-23(13-24)8-4-9-23/h3,5-7,10-11,14H,4,8-9,12-13H2,1-2H3,(H,32,37)(H,33,38)/t14-/m1/s1. The Bertz CT molecular complexity index is 1400. The number of hydrogen-bond acceptors (Lipinski definition) is 7. The molecule has 3 aromatic rings. The van der Waals surface area contributed by atoms with E-state index < -0.39 is 29.7 Å². The molecule has 2 saturated carbocycles. The van der Waals surface area contributed by atoms with Crippen LogP contribution in [0.3, 0.4) is 0 Å². The summed E-state index contributed by atoms with van der Waals surface area (Å²) in [6.07, 6.45) is -1.41. The molecule has 0 aromatic carbocycles. The quantitative estimate of drug-likeness (QED) is 0.369. The third kappa shape index (κ3) is 4.90. The number of amides is 2. The molecule has 0 unspecified atom stereocenters. The Labute approximate surface area is 226 Å². The summed E-state index contributed by atoms with van der Waals surface area (Å²) in [5.41, 5.74) is -1.64. The summed E-state index contributed by atoms with van der Waals surface area (Å²) in [6, 6.07) is 6.23. The predicted octanol–water partition coefficient (Wildman–Crippen LogP) is 5.69. The van der Waals surface area contributed by atoms with Crippen LogP contribution in [0.1, 0.15) is 50.7 Å². The molecule has 0 saturated heterocycles. The van der Waals surface area contributed by atoms with Crippen molar-refractivity contribution in [3.63, 3.8) is 0 Å². The predicted molar refractivity (Wildman–Crippen MR) is 135 cm³/mol. The Morgan fingerprint density at radius 1 is 1.15 bits per heavy atom. The molecule has 3 aromatic heterocycles. The Morgan fingerprint density at radius 3 is 2.49 bits per heavy atom. The molecule has 2 aliphatic carbocycles. The maximum atomic E-state index is 13.9. The lowest BCUT2D eigenvalue weighted by atomic mass is 9.44. The fourth-order valence-corrected chi connectivity index (χ4v) is 5.60. The van der Waals surface area contributed by atoms with Crippen molar-refractivity contribution >= 4 is 35.1 Å². The van der Waals surface area contributed by atoms with E-state index >= 15 is 0 Å². The van der Waals surface area contributed by atoms with Crippen LogP contribution in [0.25, 0.3) is 11.4 Å². The third-order valence-corrected chi connectivity index (χ3v) is 7.88. The summed E-state index contributed by atoms with van der Waals surface area (Å²) < 4.78 is 48.4. The van der Waals surface area contributed by atoms with Gasteiger partial charge in [0.1, 0.15) is 16.7 Å². The van der Waals surface area contributed by atoms with Crippen molar-refractivity contribution in [2.45, 2.75) is 51.3 Å². The Morgan fingerprint density at radius 2 is 1.90 bits per heavy atom. The minimum Gasteiger partial charge on any atom is -0.441 e. The van der Waals surface area contributed by atoms with Gasteiger partial charge in [0, 0.05) is 18.8 Å². The first-order valence-electron chi connectivity index (χ1n) is 12.3. The van der Waals surface area contributed by atoms with Gasteiger partial charge in [-0.25, -0.2) is 14.5 Å². The number of halogens is 4. The van der Waals surface area contributed by atoms with Crippen molar-refractivity contribution in [1.29, 1.82) is 0 Å². The smallest absolute Gasteiger partial charge is 0.413 e. The monoisotopic (exact) mass is 563 g/mol. The zero-order valence-corrected chi connectivity index (χ0v) is 21.8. The van der Waals surface area contributed by atoms with Crippen LogP contribution in [0.5, 0.6) is 0 Å². The summed E-state index contributed by atoms with van der Waals surface area (Å²) in [5, 5.41) is 13.1. The summed E-state index contributed by atoms with van der Waals surface area (Å²) in [4.78, 5) is 33.5. The molecule has 206 valence electrons. The average Bonchev–Trinajstić information content (AvgIpc) is 3.17. The summed E-state index contributed by atoms with van der Waals surface area (Å²) in [7, 11) is 1.55. The summed E-state index contributed by atoms with van der Waals surface area (Å²) in [5.74, 6) is -0.903. The maximum Gasteiger partial charge on any atom is 0.413 e. The first kappa shape index (κ1) is 26.9. The van der Waals surface area contributed by atoms with E-state index in [0.717, 1.165) is 19.3 Å². The molecule has 1 spiro atoms. The van der Waals surface area contributed by atoms with E-state index in [0.29, 0.717) is 5.56 Å². The van der Waals surface area contributed by atoms with Crippen LogP contribution in [-0.4, -0.2) is 43.1 Å². The number of aryl methyl sites for hydroxylation is 1. The lowest BCUT2D eigenvalue weighted by Crippen LogP contribution is -2.62. The lowest BCUT2D eigenvalue weighted by molar-refractivity contribution is -0.278. The van der Waals surface area contributed by atoms with Crippen LogP contribution < -0.4 is 10.6 Å². The van der Waals surface area contributed by atoms with Gasteiger partial charge in [-0.3, -0.25) is 15.1 Å². The molecule has 5 rings (SSSR count). The van der Waals surface area contributed by atoms with Crippen molar-refractivity contribution < 1.29 is 27.5 Å². The van der Waals surface area contributed by atoms with E-state index in [-0.39, 0.29) is 46.3 Å². The van der Waals surface area contributed by atoms with Gasteiger partial charge in [0.15, 0.2) is 11.5 Å². The molecule has 10 nitrogen and oxygen atoms in total. The Hall–Kier alpha value is -3.74. The van der Waals surface area contributed by atoms with Gasteiger partial charge in [-0.2, -0.15) is 13.2 Å². The molecule has 2 amide bonds. The second-order valence-corrected chi connectivity index (χ2v) is 10.5.